The third-order valence-electron chi connectivity index (χ3n) is 4.29. The number of amides is 2. The van der Waals surface area contributed by atoms with Gasteiger partial charge in [-0.3, -0.25) is 4.98 Å². The van der Waals surface area contributed by atoms with E-state index < -0.39 is 0 Å². The molecule has 0 aliphatic carbocycles. The molecule has 1 atom stereocenters. The summed E-state index contributed by atoms with van der Waals surface area (Å²) in [4.78, 5) is 18.5. The number of hydrogen-bond donors (Lipinski definition) is 2. The van der Waals surface area contributed by atoms with Crippen molar-refractivity contribution >= 4 is 30.8 Å². The minimum atomic E-state index is -0.0814. The van der Waals surface area contributed by atoms with E-state index in [1.165, 1.54) is 0 Å². The van der Waals surface area contributed by atoms with Gasteiger partial charge in [0, 0.05) is 32.4 Å². The molecule has 2 heterocycles. The van der Waals surface area contributed by atoms with Crippen LogP contribution in [0.5, 0.6) is 11.5 Å². The molecule has 28 heavy (non-hydrogen) atoms. The zero-order chi connectivity index (χ0) is 18.2. The lowest BCUT2D eigenvalue weighted by Crippen LogP contribution is -2.58. The molecule has 0 bridgehead atoms. The number of rotatable bonds is 6. The highest BCUT2D eigenvalue weighted by molar-refractivity contribution is 5.85. The third-order valence-corrected chi connectivity index (χ3v) is 4.29. The highest BCUT2D eigenvalue weighted by Gasteiger charge is 2.27. The summed E-state index contributed by atoms with van der Waals surface area (Å²) in [5.74, 6) is 1.51. The molecule has 3 rings (SSSR count). The fourth-order valence-corrected chi connectivity index (χ4v) is 2.82. The van der Waals surface area contributed by atoms with E-state index in [2.05, 4.69) is 15.6 Å². The number of hydrogen-bond acceptors (Lipinski definition) is 5. The Kier molecular flexibility index (Phi) is 10.4. The van der Waals surface area contributed by atoms with Gasteiger partial charge >= 0.3 is 6.03 Å². The van der Waals surface area contributed by atoms with E-state index in [9.17, 15) is 4.79 Å². The van der Waals surface area contributed by atoms with E-state index in [0.29, 0.717) is 32.0 Å². The average Bonchev–Trinajstić information content (AvgIpc) is 2.72. The first-order chi connectivity index (χ1) is 12.8. The smallest absolute Gasteiger partial charge is 0.318 e. The molecule has 1 aliphatic heterocycles. The maximum atomic E-state index is 12.6. The van der Waals surface area contributed by atoms with E-state index in [0.717, 1.165) is 17.9 Å². The lowest BCUT2D eigenvalue weighted by atomic mass is 10.2. The highest BCUT2D eigenvalue weighted by atomic mass is 35.5. The number of carbonyl (C=O) groups excluding carboxylic acids is 1. The lowest BCUT2D eigenvalue weighted by Gasteiger charge is -2.35. The zero-order valence-corrected chi connectivity index (χ0v) is 17.3. The van der Waals surface area contributed by atoms with Crippen molar-refractivity contribution in [2.45, 2.75) is 12.6 Å². The molecular formula is C19H26Cl2N4O3. The summed E-state index contributed by atoms with van der Waals surface area (Å²) in [6, 6.07) is 11.2. The molecule has 1 fully saturated rings. The van der Waals surface area contributed by atoms with Gasteiger partial charge in [-0.2, -0.15) is 0 Å². The van der Waals surface area contributed by atoms with E-state index in [4.69, 9.17) is 9.47 Å². The van der Waals surface area contributed by atoms with Gasteiger partial charge in [0.25, 0.3) is 0 Å². The molecule has 1 aliphatic rings. The molecule has 9 heteroatoms. The summed E-state index contributed by atoms with van der Waals surface area (Å²) < 4.78 is 10.9. The van der Waals surface area contributed by atoms with Crippen LogP contribution in [-0.4, -0.2) is 55.3 Å². The van der Waals surface area contributed by atoms with Crippen molar-refractivity contribution in [1.82, 2.24) is 20.5 Å². The molecule has 1 aromatic heterocycles. The number of halogens is 2. The molecule has 2 N–H and O–H groups in total. The fourth-order valence-electron chi connectivity index (χ4n) is 2.82. The second kappa shape index (κ2) is 12.3. The number of urea groups is 1. The molecule has 2 aromatic rings. The summed E-state index contributed by atoms with van der Waals surface area (Å²) >= 11 is 0. The molecule has 0 saturated carbocycles. The number of benzene rings is 1. The second-order valence-corrected chi connectivity index (χ2v) is 6.06. The van der Waals surface area contributed by atoms with Gasteiger partial charge < -0.3 is 25.0 Å². The predicted octanol–water partition coefficient (Wildman–Crippen LogP) is 2.50. The van der Waals surface area contributed by atoms with Gasteiger partial charge in [-0.05, 0) is 29.8 Å². The van der Waals surface area contributed by atoms with Gasteiger partial charge in [0.2, 0.25) is 0 Å². The maximum absolute atomic E-state index is 12.6. The summed E-state index contributed by atoms with van der Waals surface area (Å²) in [5, 5.41) is 6.30. The highest BCUT2D eigenvalue weighted by Crippen LogP contribution is 2.12. The summed E-state index contributed by atoms with van der Waals surface area (Å²) in [5.41, 5.74) is 1.03. The van der Waals surface area contributed by atoms with Crippen molar-refractivity contribution in [3.8, 4) is 11.5 Å². The van der Waals surface area contributed by atoms with Crippen LogP contribution in [0.2, 0.25) is 0 Å². The SMILES string of the molecule is COc1ccc(CNC(=O)N2CCNCC2COc2cccnc2)cc1.Cl.Cl. The number of pyridine rings is 1. The standard InChI is InChI=1S/C19H24N4O3.2ClH/c1-25-17-6-4-15(5-7-17)11-22-19(24)23-10-9-21-12-16(23)14-26-18-3-2-8-20-13-18;;/h2-8,13,16,21H,9-12,14H2,1H3,(H,22,24);2*1H. The molecular weight excluding hydrogens is 403 g/mol. The van der Waals surface area contributed by atoms with Crippen molar-refractivity contribution in [3.63, 3.8) is 0 Å². The fraction of sp³-hybridized carbons (Fsp3) is 0.368. The summed E-state index contributed by atoms with van der Waals surface area (Å²) in [6.45, 7) is 3.03. The molecule has 0 spiro atoms. The van der Waals surface area contributed by atoms with Gasteiger partial charge in [0.05, 0.1) is 19.3 Å². The van der Waals surface area contributed by atoms with Gasteiger partial charge in [-0.25, -0.2) is 4.79 Å². The van der Waals surface area contributed by atoms with Crippen LogP contribution in [0.4, 0.5) is 4.79 Å². The Morgan fingerprint density at radius 3 is 2.71 bits per heavy atom. The van der Waals surface area contributed by atoms with Crippen LogP contribution in [-0.2, 0) is 6.54 Å². The molecule has 1 aromatic carbocycles. The number of carbonyl (C=O) groups is 1. The molecule has 0 radical (unpaired) electrons. The molecule has 1 saturated heterocycles. The summed E-state index contributed by atoms with van der Waals surface area (Å²) in [7, 11) is 1.63. The largest absolute Gasteiger partial charge is 0.497 e. The van der Waals surface area contributed by atoms with Crippen molar-refractivity contribution in [3.05, 3.63) is 54.4 Å². The van der Waals surface area contributed by atoms with Crippen molar-refractivity contribution in [2.75, 3.05) is 33.4 Å². The number of nitrogens with one attached hydrogen (secondary N) is 2. The monoisotopic (exact) mass is 428 g/mol. The number of ether oxygens (including phenoxy) is 2. The normalized spacial score (nSPS) is 15.6. The van der Waals surface area contributed by atoms with Crippen molar-refractivity contribution in [1.29, 1.82) is 0 Å². The zero-order valence-electron chi connectivity index (χ0n) is 15.7. The van der Waals surface area contributed by atoms with E-state index in [1.807, 2.05) is 41.3 Å². The van der Waals surface area contributed by atoms with Gasteiger partial charge in [0.1, 0.15) is 18.1 Å². The van der Waals surface area contributed by atoms with Crippen LogP contribution >= 0.6 is 24.8 Å². The maximum Gasteiger partial charge on any atom is 0.318 e. The van der Waals surface area contributed by atoms with E-state index in [1.54, 1.807) is 19.5 Å². The van der Waals surface area contributed by atoms with Crippen molar-refractivity contribution < 1.29 is 14.3 Å². The van der Waals surface area contributed by atoms with Gasteiger partial charge in [0.15, 0.2) is 0 Å². The Hall–Kier alpha value is -2.22. The second-order valence-electron chi connectivity index (χ2n) is 6.06. The topological polar surface area (TPSA) is 75.7 Å². The van der Waals surface area contributed by atoms with Crippen LogP contribution in [0.25, 0.3) is 0 Å². The Labute approximate surface area is 177 Å². The Morgan fingerprint density at radius 1 is 1.25 bits per heavy atom. The Bertz CT molecular complexity index is 704. The minimum absolute atomic E-state index is 0. The molecule has 1 unspecified atom stereocenters. The van der Waals surface area contributed by atoms with Crippen LogP contribution < -0.4 is 20.1 Å². The summed E-state index contributed by atoms with van der Waals surface area (Å²) in [6.07, 6.45) is 3.37. The predicted molar refractivity (Wildman–Crippen MR) is 113 cm³/mol. The van der Waals surface area contributed by atoms with Gasteiger partial charge in [-0.1, -0.05) is 12.1 Å². The molecule has 7 nitrogen and oxygen atoms in total. The Balaban J connectivity index is 0.00000196. The Morgan fingerprint density at radius 2 is 2.04 bits per heavy atom. The first kappa shape index (κ1) is 23.8. The first-order valence-electron chi connectivity index (χ1n) is 8.67. The van der Waals surface area contributed by atoms with Crippen LogP contribution in [0, 0.1) is 0 Å². The van der Waals surface area contributed by atoms with Crippen LogP contribution in [0.3, 0.4) is 0 Å². The van der Waals surface area contributed by atoms with E-state index in [-0.39, 0.29) is 36.9 Å². The number of nitrogens with zero attached hydrogens (tertiary/aromatic N) is 2. The number of methoxy groups -OCH3 is 1. The average molecular weight is 429 g/mol. The number of aromatic nitrogens is 1. The van der Waals surface area contributed by atoms with Gasteiger partial charge in [-0.15, -0.1) is 24.8 Å². The number of piperazine rings is 1. The quantitative estimate of drug-likeness (QED) is 0.738. The minimum Gasteiger partial charge on any atom is -0.497 e. The molecule has 154 valence electrons. The third kappa shape index (κ3) is 6.74. The van der Waals surface area contributed by atoms with Crippen LogP contribution in [0.15, 0.2) is 48.8 Å². The molecule has 2 amide bonds. The van der Waals surface area contributed by atoms with E-state index >= 15 is 0 Å². The lowest BCUT2D eigenvalue weighted by molar-refractivity contribution is 0.124. The first-order valence-corrected chi connectivity index (χ1v) is 8.67. The van der Waals surface area contributed by atoms with Crippen LogP contribution in [0.1, 0.15) is 5.56 Å². The van der Waals surface area contributed by atoms with Crippen molar-refractivity contribution in [2.24, 2.45) is 0 Å².